The van der Waals surface area contributed by atoms with E-state index in [1.807, 2.05) is 0 Å². The average Bonchev–Trinajstić information content (AvgIpc) is 2.82. The number of hydrogen-bond donors (Lipinski definition) is 2. The van der Waals surface area contributed by atoms with Gasteiger partial charge < -0.3 is 9.84 Å². The molecule has 0 amide bonds. The highest BCUT2D eigenvalue weighted by molar-refractivity contribution is 7.93. The zero-order valence-corrected chi connectivity index (χ0v) is 12.7. The van der Waals surface area contributed by atoms with Crippen molar-refractivity contribution in [3.05, 3.63) is 29.6 Å². The number of nitrogens with zero attached hydrogens (tertiary/aromatic N) is 2. The SMILES string of the molecule is COC(=O)c1cc(S(=O)(=O)Nc2nc(C)ns2)ccc1O. The van der Waals surface area contributed by atoms with E-state index in [2.05, 4.69) is 18.8 Å². The molecular formula is C11H11N3O5S2. The molecule has 0 aliphatic carbocycles. The maximum atomic E-state index is 12.2. The summed E-state index contributed by atoms with van der Waals surface area (Å²) < 4.78 is 34.9. The molecule has 0 saturated heterocycles. The highest BCUT2D eigenvalue weighted by Gasteiger charge is 2.20. The quantitative estimate of drug-likeness (QED) is 0.807. The van der Waals surface area contributed by atoms with E-state index in [-0.39, 0.29) is 21.3 Å². The summed E-state index contributed by atoms with van der Waals surface area (Å²) >= 11 is 0.897. The van der Waals surface area contributed by atoms with Gasteiger partial charge >= 0.3 is 5.97 Å². The van der Waals surface area contributed by atoms with E-state index in [1.165, 1.54) is 0 Å². The lowest BCUT2D eigenvalue weighted by atomic mass is 10.2. The number of aromatic nitrogens is 2. The minimum absolute atomic E-state index is 0.111. The Balaban J connectivity index is 2.38. The number of aromatic hydroxyl groups is 1. The van der Waals surface area contributed by atoms with Gasteiger partial charge in [-0.25, -0.2) is 18.2 Å². The molecule has 10 heteroatoms. The Kier molecular flexibility index (Phi) is 4.09. The smallest absolute Gasteiger partial charge is 0.341 e. The van der Waals surface area contributed by atoms with Gasteiger partial charge in [0.15, 0.2) is 0 Å². The molecule has 1 aromatic carbocycles. The third-order valence-electron chi connectivity index (χ3n) is 2.43. The van der Waals surface area contributed by atoms with Crippen molar-refractivity contribution in [2.24, 2.45) is 0 Å². The summed E-state index contributed by atoms with van der Waals surface area (Å²) in [5, 5.41) is 9.67. The second kappa shape index (κ2) is 5.66. The highest BCUT2D eigenvalue weighted by Crippen LogP contribution is 2.24. The van der Waals surface area contributed by atoms with Gasteiger partial charge in [0.05, 0.1) is 12.0 Å². The number of hydrogen-bond acceptors (Lipinski definition) is 8. The molecule has 1 heterocycles. The molecule has 2 aromatic rings. The molecule has 21 heavy (non-hydrogen) atoms. The number of rotatable bonds is 4. The van der Waals surface area contributed by atoms with E-state index in [4.69, 9.17) is 0 Å². The molecule has 0 unspecified atom stereocenters. The number of nitrogens with one attached hydrogen (secondary N) is 1. The van der Waals surface area contributed by atoms with Gasteiger partial charge in [0.25, 0.3) is 10.0 Å². The minimum atomic E-state index is -3.94. The van der Waals surface area contributed by atoms with Crippen LogP contribution < -0.4 is 4.72 Å². The van der Waals surface area contributed by atoms with Crippen LogP contribution in [-0.4, -0.2) is 36.0 Å². The van der Waals surface area contributed by atoms with Gasteiger partial charge in [0.1, 0.15) is 17.1 Å². The lowest BCUT2D eigenvalue weighted by Crippen LogP contribution is -2.14. The van der Waals surface area contributed by atoms with E-state index in [1.54, 1.807) is 6.92 Å². The van der Waals surface area contributed by atoms with Crippen LogP contribution in [0, 0.1) is 6.92 Å². The first-order valence-corrected chi connectivity index (χ1v) is 7.83. The first-order valence-electron chi connectivity index (χ1n) is 5.58. The summed E-state index contributed by atoms with van der Waals surface area (Å²) in [6.45, 7) is 1.63. The molecule has 0 aliphatic heterocycles. The predicted octanol–water partition coefficient (Wildman–Crippen LogP) is 1.14. The zero-order valence-electron chi connectivity index (χ0n) is 11.0. The van der Waals surface area contributed by atoms with Crippen LogP contribution in [0.3, 0.4) is 0 Å². The van der Waals surface area contributed by atoms with Crippen molar-refractivity contribution in [1.82, 2.24) is 9.36 Å². The minimum Gasteiger partial charge on any atom is -0.507 e. The highest BCUT2D eigenvalue weighted by atomic mass is 32.2. The number of phenols is 1. The van der Waals surface area contributed by atoms with Crippen LogP contribution in [0.1, 0.15) is 16.2 Å². The van der Waals surface area contributed by atoms with Gasteiger partial charge in [-0.1, -0.05) is 0 Å². The first kappa shape index (κ1) is 15.2. The molecule has 112 valence electrons. The summed E-state index contributed by atoms with van der Waals surface area (Å²) in [5.41, 5.74) is -0.242. The Hall–Kier alpha value is -2.20. The van der Waals surface area contributed by atoms with E-state index in [0.717, 1.165) is 36.8 Å². The van der Waals surface area contributed by atoms with Crippen LogP contribution in [0.25, 0.3) is 0 Å². The van der Waals surface area contributed by atoms with Crippen molar-refractivity contribution in [2.75, 3.05) is 11.8 Å². The van der Waals surface area contributed by atoms with Crippen molar-refractivity contribution in [3.8, 4) is 5.75 Å². The fraction of sp³-hybridized carbons (Fsp3) is 0.182. The molecule has 2 rings (SSSR count). The van der Waals surface area contributed by atoms with Gasteiger partial charge in [-0.15, -0.1) is 0 Å². The van der Waals surface area contributed by atoms with Crippen molar-refractivity contribution in [3.63, 3.8) is 0 Å². The molecule has 2 N–H and O–H groups in total. The summed E-state index contributed by atoms with van der Waals surface area (Å²) in [6, 6.07) is 3.29. The lowest BCUT2D eigenvalue weighted by molar-refractivity contribution is 0.0597. The van der Waals surface area contributed by atoms with Crippen molar-refractivity contribution in [2.45, 2.75) is 11.8 Å². The van der Waals surface area contributed by atoms with Crippen LogP contribution in [-0.2, 0) is 14.8 Å². The van der Waals surface area contributed by atoms with Gasteiger partial charge in [-0.05, 0) is 25.1 Å². The maximum Gasteiger partial charge on any atom is 0.341 e. The number of phenolic OH excluding ortho intramolecular Hbond substituents is 1. The monoisotopic (exact) mass is 329 g/mol. The fourth-order valence-corrected chi connectivity index (χ4v) is 3.29. The Bertz CT molecular complexity index is 785. The van der Waals surface area contributed by atoms with Crippen molar-refractivity contribution in [1.29, 1.82) is 0 Å². The summed E-state index contributed by atoms with van der Waals surface area (Å²) in [6.07, 6.45) is 0. The number of ether oxygens (including phenoxy) is 1. The molecule has 1 aromatic heterocycles. The predicted molar refractivity (Wildman–Crippen MR) is 74.9 cm³/mol. The number of anilines is 1. The number of carbonyl (C=O) groups is 1. The summed E-state index contributed by atoms with van der Waals surface area (Å²) in [7, 11) is -2.81. The number of methoxy groups -OCH3 is 1. The average molecular weight is 329 g/mol. The Morgan fingerprint density at radius 2 is 2.14 bits per heavy atom. The maximum absolute atomic E-state index is 12.2. The molecular weight excluding hydrogens is 318 g/mol. The number of aryl methyl sites for hydroxylation is 1. The lowest BCUT2D eigenvalue weighted by Gasteiger charge is -2.07. The molecule has 0 aliphatic rings. The number of benzene rings is 1. The molecule has 0 atom stereocenters. The van der Waals surface area contributed by atoms with Crippen molar-refractivity contribution >= 4 is 32.7 Å². The Morgan fingerprint density at radius 1 is 1.43 bits per heavy atom. The van der Waals surface area contributed by atoms with Crippen LogP contribution in [0.5, 0.6) is 5.75 Å². The van der Waals surface area contributed by atoms with Gasteiger partial charge in [0, 0.05) is 11.5 Å². The van der Waals surface area contributed by atoms with E-state index < -0.39 is 16.0 Å². The number of sulfonamides is 1. The van der Waals surface area contributed by atoms with E-state index in [9.17, 15) is 18.3 Å². The third-order valence-corrected chi connectivity index (χ3v) is 4.62. The van der Waals surface area contributed by atoms with Gasteiger partial charge in [-0.2, -0.15) is 4.37 Å². The summed E-state index contributed by atoms with van der Waals surface area (Å²) in [4.78, 5) is 15.1. The van der Waals surface area contributed by atoms with Crippen LogP contribution >= 0.6 is 11.5 Å². The largest absolute Gasteiger partial charge is 0.507 e. The molecule has 8 nitrogen and oxygen atoms in total. The first-order chi connectivity index (χ1) is 9.83. The molecule has 0 radical (unpaired) electrons. The van der Waals surface area contributed by atoms with E-state index in [0.29, 0.717) is 5.82 Å². The molecule has 0 fully saturated rings. The Labute approximate surface area is 124 Å². The summed E-state index contributed by atoms with van der Waals surface area (Å²) in [5.74, 6) is -0.762. The standard InChI is InChI=1S/C11H11N3O5S2/c1-6-12-11(20-13-6)14-21(17,18)7-3-4-9(15)8(5-7)10(16)19-2/h3-5,15H,1-2H3,(H,12,13,14). The van der Waals surface area contributed by atoms with Crippen molar-refractivity contribution < 1.29 is 23.1 Å². The molecule has 0 bridgehead atoms. The van der Waals surface area contributed by atoms with Crippen LogP contribution in [0.15, 0.2) is 23.1 Å². The van der Waals surface area contributed by atoms with Gasteiger partial charge in [0.2, 0.25) is 5.13 Å². The van der Waals surface area contributed by atoms with Gasteiger partial charge in [-0.3, -0.25) is 4.72 Å². The molecule has 0 saturated carbocycles. The number of esters is 1. The van der Waals surface area contributed by atoms with Crippen LogP contribution in [0.2, 0.25) is 0 Å². The number of carbonyl (C=O) groups excluding carboxylic acids is 1. The topological polar surface area (TPSA) is 118 Å². The second-order valence-electron chi connectivity index (χ2n) is 3.92. The third kappa shape index (κ3) is 3.28. The molecule has 0 spiro atoms. The second-order valence-corrected chi connectivity index (χ2v) is 6.36. The Morgan fingerprint density at radius 3 is 2.71 bits per heavy atom. The van der Waals surface area contributed by atoms with Crippen LogP contribution in [0.4, 0.5) is 5.13 Å². The van der Waals surface area contributed by atoms with E-state index >= 15 is 0 Å². The normalized spacial score (nSPS) is 11.1. The fourth-order valence-electron chi connectivity index (χ4n) is 1.47. The zero-order chi connectivity index (χ0) is 15.6.